The minimum Gasteiger partial charge on any atom is -0.406 e. The van der Waals surface area contributed by atoms with E-state index in [2.05, 4.69) is 29.9 Å². The van der Waals surface area contributed by atoms with Crippen molar-refractivity contribution in [1.82, 2.24) is 19.9 Å². The molecule has 3 rings (SSSR count). The van der Waals surface area contributed by atoms with Crippen LogP contribution < -0.4 is 15.0 Å². The van der Waals surface area contributed by atoms with Crippen molar-refractivity contribution >= 4 is 52.4 Å². The molecule has 0 saturated carbocycles. The van der Waals surface area contributed by atoms with E-state index in [4.69, 9.17) is 34.8 Å². The maximum Gasteiger partial charge on any atom is 0.573 e. The molecule has 1 fully saturated rings. The lowest BCUT2D eigenvalue weighted by Crippen LogP contribution is -2.45. The van der Waals surface area contributed by atoms with Gasteiger partial charge in [0, 0.05) is 31.9 Å². The Bertz CT molecular complexity index is 839. The van der Waals surface area contributed by atoms with Crippen molar-refractivity contribution in [2.24, 2.45) is 0 Å². The lowest BCUT2D eigenvalue weighted by molar-refractivity contribution is -0.274. The van der Waals surface area contributed by atoms with E-state index in [0.717, 1.165) is 25.2 Å². The maximum absolute atomic E-state index is 12.3. The molecule has 158 valence electrons. The minimum atomic E-state index is -4.76. The second-order valence-corrected chi connectivity index (χ2v) is 8.55. The van der Waals surface area contributed by atoms with Gasteiger partial charge in [0.25, 0.3) is 0 Å². The third kappa shape index (κ3) is 6.36. The molecule has 29 heavy (non-hydrogen) atoms. The number of piperazine rings is 1. The Kier molecular flexibility index (Phi) is 6.47. The SMILES string of the molecule is CN1CCN(c2nc(Nc3ccc(OC(F)(F)F)cc3)nc(C(Cl)(Cl)Cl)n2)CC1. The van der Waals surface area contributed by atoms with Crippen LogP contribution >= 0.6 is 34.8 Å². The maximum atomic E-state index is 12.3. The van der Waals surface area contributed by atoms with Crippen LogP contribution in [0.4, 0.5) is 30.8 Å². The second-order valence-electron chi connectivity index (χ2n) is 6.27. The normalized spacial score (nSPS) is 16.0. The van der Waals surface area contributed by atoms with Crippen molar-refractivity contribution in [1.29, 1.82) is 0 Å². The van der Waals surface area contributed by atoms with Gasteiger partial charge in [0.15, 0.2) is 5.82 Å². The molecule has 0 aliphatic carbocycles. The highest BCUT2D eigenvalue weighted by atomic mass is 35.6. The van der Waals surface area contributed by atoms with Crippen molar-refractivity contribution in [3.8, 4) is 5.75 Å². The molecule has 0 unspecified atom stereocenters. The highest BCUT2D eigenvalue weighted by Gasteiger charge is 2.31. The Morgan fingerprint density at radius 1 is 0.966 bits per heavy atom. The summed E-state index contributed by atoms with van der Waals surface area (Å²) in [6.07, 6.45) is -4.76. The van der Waals surface area contributed by atoms with Crippen LogP contribution in [-0.4, -0.2) is 59.4 Å². The fourth-order valence-corrected chi connectivity index (χ4v) is 2.82. The molecule has 0 bridgehead atoms. The molecule has 7 nitrogen and oxygen atoms in total. The molecular weight excluding hydrogens is 456 g/mol. The van der Waals surface area contributed by atoms with Gasteiger partial charge in [0.1, 0.15) is 5.75 Å². The first kappa shape index (κ1) is 21.9. The zero-order valence-corrected chi connectivity index (χ0v) is 17.3. The van der Waals surface area contributed by atoms with Crippen LogP contribution in [-0.2, 0) is 3.79 Å². The van der Waals surface area contributed by atoms with Crippen molar-refractivity contribution in [2.45, 2.75) is 10.2 Å². The zero-order chi connectivity index (χ0) is 21.2. The third-order valence-corrected chi connectivity index (χ3v) is 4.51. The van der Waals surface area contributed by atoms with Gasteiger partial charge in [-0.15, -0.1) is 13.2 Å². The van der Waals surface area contributed by atoms with Gasteiger partial charge in [-0.3, -0.25) is 0 Å². The number of benzene rings is 1. The predicted octanol–water partition coefficient (Wildman–Crippen LogP) is 4.09. The van der Waals surface area contributed by atoms with Crippen molar-refractivity contribution in [2.75, 3.05) is 43.4 Å². The molecule has 0 amide bonds. The summed E-state index contributed by atoms with van der Waals surface area (Å²) in [6.45, 7) is 3.00. The van der Waals surface area contributed by atoms with E-state index in [1.165, 1.54) is 12.1 Å². The van der Waals surface area contributed by atoms with Crippen LogP contribution in [0.3, 0.4) is 0 Å². The van der Waals surface area contributed by atoms with E-state index >= 15 is 0 Å². The fourth-order valence-electron chi connectivity index (χ4n) is 2.56. The van der Waals surface area contributed by atoms with Crippen LogP contribution in [0.25, 0.3) is 0 Å². The van der Waals surface area contributed by atoms with Gasteiger partial charge in [-0.2, -0.15) is 15.0 Å². The molecule has 1 N–H and O–H groups in total. The van der Waals surface area contributed by atoms with E-state index in [-0.39, 0.29) is 17.5 Å². The summed E-state index contributed by atoms with van der Waals surface area (Å²) in [6, 6.07) is 5.09. The summed E-state index contributed by atoms with van der Waals surface area (Å²) in [5.74, 6) is 0.0263. The monoisotopic (exact) mass is 470 g/mol. The molecule has 2 heterocycles. The van der Waals surface area contributed by atoms with Crippen LogP contribution in [0.5, 0.6) is 5.75 Å². The number of rotatable bonds is 4. The number of hydrogen-bond acceptors (Lipinski definition) is 7. The molecule has 0 radical (unpaired) electrons. The van der Waals surface area contributed by atoms with E-state index in [1.54, 1.807) is 0 Å². The standard InChI is InChI=1S/C16H16Cl3F3N6O/c1-27-6-8-28(9-7-27)14-25-12(15(17,18)19)24-13(26-14)23-10-2-4-11(5-3-10)29-16(20,21)22/h2-5H,6-9H2,1H3,(H,23,24,25,26). The van der Waals surface area contributed by atoms with Crippen molar-refractivity contribution in [3.05, 3.63) is 30.1 Å². The number of aromatic nitrogens is 3. The summed E-state index contributed by atoms with van der Waals surface area (Å²) < 4.78 is 38.8. The Balaban J connectivity index is 1.83. The van der Waals surface area contributed by atoms with E-state index in [0.29, 0.717) is 24.7 Å². The number of alkyl halides is 6. The van der Waals surface area contributed by atoms with Crippen LogP contribution in [0.1, 0.15) is 5.82 Å². The summed E-state index contributed by atoms with van der Waals surface area (Å²) in [5.41, 5.74) is 0.422. The Morgan fingerprint density at radius 3 is 2.14 bits per heavy atom. The molecule has 13 heteroatoms. The minimum absolute atomic E-state index is 0.0639. The summed E-state index contributed by atoms with van der Waals surface area (Å²) in [7, 11) is 2.01. The van der Waals surface area contributed by atoms with Crippen LogP contribution in [0.15, 0.2) is 24.3 Å². The lowest BCUT2D eigenvalue weighted by atomic mass is 10.3. The number of anilines is 3. The van der Waals surface area contributed by atoms with Gasteiger partial charge in [0.2, 0.25) is 15.7 Å². The first-order chi connectivity index (χ1) is 13.5. The average molecular weight is 472 g/mol. The fraction of sp³-hybridized carbons (Fsp3) is 0.438. The number of hydrogen-bond donors (Lipinski definition) is 1. The number of nitrogens with zero attached hydrogens (tertiary/aromatic N) is 5. The van der Waals surface area contributed by atoms with E-state index in [9.17, 15) is 13.2 Å². The largest absolute Gasteiger partial charge is 0.573 e. The number of likely N-dealkylation sites (N-methyl/N-ethyl adjacent to an activating group) is 1. The Labute approximate surface area is 179 Å². The van der Waals surface area contributed by atoms with Gasteiger partial charge in [-0.25, -0.2) is 0 Å². The second kappa shape index (κ2) is 8.55. The van der Waals surface area contributed by atoms with Crippen LogP contribution in [0, 0.1) is 0 Å². The summed E-state index contributed by atoms with van der Waals surface area (Å²) >= 11 is 17.9. The van der Waals surface area contributed by atoms with Gasteiger partial charge in [0.05, 0.1) is 0 Å². The molecule has 1 saturated heterocycles. The highest BCUT2D eigenvalue weighted by Crippen LogP contribution is 2.37. The first-order valence-electron chi connectivity index (χ1n) is 8.39. The molecule has 0 spiro atoms. The number of ether oxygens (including phenoxy) is 1. The quantitative estimate of drug-likeness (QED) is 0.674. The van der Waals surface area contributed by atoms with Crippen molar-refractivity contribution in [3.63, 3.8) is 0 Å². The first-order valence-corrected chi connectivity index (χ1v) is 9.52. The molecular formula is C16H16Cl3F3N6O. The van der Waals surface area contributed by atoms with Gasteiger partial charge in [-0.1, -0.05) is 34.8 Å². The molecule has 0 atom stereocenters. The summed E-state index contributed by atoms with van der Waals surface area (Å²) in [5, 5.41) is 2.88. The average Bonchev–Trinajstić information content (AvgIpc) is 2.62. The molecule has 1 aromatic carbocycles. The third-order valence-electron chi connectivity index (χ3n) is 4.01. The molecule has 2 aromatic rings. The van der Waals surface area contributed by atoms with Gasteiger partial charge in [-0.05, 0) is 31.3 Å². The number of nitrogens with one attached hydrogen (secondary N) is 1. The smallest absolute Gasteiger partial charge is 0.406 e. The van der Waals surface area contributed by atoms with E-state index in [1.807, 2.05) is 11.9 Å². The van der Waals surface area contributed by atoms with Gasteiger partial charge >= 0.3 is 6.36 Å². The zero-order valence-electron chi connectivity index (χ0n) is 15.0. The van der Waals surface area contributed by atoms with Crippen LogP contribution in [0.2, 0.25) is 0 Å². The molecule has 1 aliphatic rings. The Morgan fingerprint density at radius 2 is 1.59 bits per heavy atom. The molecule has 1 aliphatic heterocycles. The number of halogens is 6. The Hall–Kier alpha value is -1.75. The summed E-state index contributed by atoms with van der Waals surface area (Å²) in [4.78, 5) is 16.8. The highest BCUT2D eigenvalue weighted by molar-refractivity contribution is 6.66. The lowest BCUT2D eigenvalue weighted by Gasteiger charge is -2.32. The van der Waals surface area contributed by atoms with E-state index < -0.39 is 10.2 Å². The topological polar surface area (TPSA) is 66.4 Å². The predicted molar refractivity (Wildman–Crippen MR) is 105 cm³/mol. The van der Waals surface area contributed by atoms with Gasteiger partial charge < -0.3 is 19.9 Å². The molecule has 1 aromatic heterocycles. The van der Waals surface area contributed by atoms with Crippen molar-refractivity contribution < 1.29 is 17.9 Å².